The maximum atomic E-state index is 5.61. The van der Waals surface area contributed by atoms with E-state index >= 15 is 0 Å². The molecule has 0 amide bonds. The second kappa shape index (κ2) is 6.05. The molecule has 9 heavy (non-hydrogen) atoms. The molecule has 2 heteroatoms. The number of rotatable bonds is 5. The lowest BCUT2D eigenvalue weighted by Crippen LogP contribution is -2.18. The van der Waals surface area contributed by atoms with Gasteiger partial charge in [-0.15, -0.1) is 0 Å². The highest BCUT2D eigenvalue weighted by molar-refractivity contribution is 4.61. The lowest BCUT2D eigenvalue weighted by Gasteiger charge is -2.05. The molecule has 0 aromatic heterocycles. The highest BCUT2D eigenvalue weighted by atomic mass is 14.6. The fourth-order valence-corrected chi connectivity index (χ4v) is 0.695. The largest absolute Gasteiger partial charge is 0.330 e. The third kappa shape index (κ3) is 5.80. The summed E-state index contributed by atoms with van der Waals surface area (Å²) in [5.41, 5.74) is 10.9. The van der Waals surface area contributed by atoms with Gasteiger partial charge < -0.3 is 11.5 Å². The van der Waals surface area contributed by atoms with Crippen molar-refractivity contribution in [3.8, 4) is 0 Å². The van der Waals surface area contributed by atoms with Crippen LogP contribution in [-0.2, 0) is 0 Å². The van der Waals surface area contributed by atoms with Crippen molar-refractivity contribution >= 4 is 0 Å². The maximum Gasteiger partial charge on any atom is 0.00388 e. The Morgan fingerprint density at radius 2 is 2.00 bits per heavy atom. The average molecular weight is 129 g/mol. The second-order valence-corrected chi connectivity index (χ2v) is 2.33. The van der Waals surface area contributed by atoms with Crippen molar-refractivity contribution in [3.63, 3.8) is 0 Å². The summed E-state index contributed by atoms with van der Waals surface area (Å²) in [6.45, 7) is 4.49. The molecule has 0 saturated carbocycles. The van der Waals surface area contributed by atoms with Crippen LogP contribution in [0.4, 0.5) is 0 Å². The second-order valence-electron chi connectivity index (χ2n) is 2.33. The van der Waals surface area contributed by atoms with Crippen molar-refractivity contribution in [2.24, 2.45) is 11.5 Å². The molecule has 2 nitrogen and oxygen atoms in total. The van der Waals surface area contributed by atoms with Crippen LogP contribution < -0.4 is 11.5 Å². The number of hydrogen-bond acceptors (Lipinski definition) is 2. The summed E-state index contributed by atoms with van der Waals surface area (Å²) in [5.74, 6) is 0. The molecule has 0 aliphatic rings. The molecular weight excluding hydrogens is 112 g/mol. The van der Waals surface area contributed by atoms with Crippen molar-refractivity contribution in [2.75, 3.05) is 6.54 Å². The maximum absolute atomic E-state index is 5.61. The zero-order valence-corrected chi connectivity index (χ0v) is 5.97. The van der Waals surface area contributed by atoms with Gasteiger partial charge in [-0.2, -0.15) is 0 Å². The van der Waals surface area contributed by atoms with Crippen LogP contribution in [0.2, 0.25) is 0 Å². The van der Waals surface area contributed by atoms with Crippen LogP contribution in [0.25, 0.3) is 0 Å². The molecule has 1 radical (unpaired) electrons. The van der Waals surface area contributed by atoms with Crippen molar-refractivity contribution in [1.82, 2.24) is 0 Å². The number of hydrogen-bond donors (Lipinski definition) is 2. The van der Waals surface area contributed by atoms with Gasteiger partial charge in [-0.25, -0.2) is 0 Å². The predicted octanol–water partition coefficient (Wildman–Crippen LogP) is 0.667. The van der Waals surface area contributed by atoms with Crippen LogP contribution >= 0.6 is 0 Å². The van der Waals surface area contributed by atoms with Crippen LogP contribution in [0.15, 0.2) is 0 Å². The zero-order valence-electron chi connectivity index (χ0n) is 5.97. The molecule has 0 aromatic carbocycles. The van der Waals surface area contributed by atoms with E-state index in [1.165, 1.54) is 0 Å². The van der Waals surface area contributed by atoms with E-state index in [2.05, 4.69) is 6.92 Å². The highest BCUT2D eigenvalue weighted by Gasteiger charge is 1.96. The minimum atomic E-state index is 0.288. The van der Waals surface area contributed by atoms with Crippen molar-refractivity contribution in [1.29, 1.82) is 0 Å². The Bertz CT molecular complexity index is 54.9. The Morgan fingerprint density at radius 3 is 2.44 bits per heavy atom. The SMILES string of the molecule is [CH2]CC(N)CCCCN. The van der Waals surface area contributed by atoms with Crippen LogP contribution in [0, 0.1) is 6.92 Å². The summed E-state index contributed by atoms with van der Waals surface area (Å²) < 4.78 is 0. The molecule has 0 heterocycles. The smallest absolute Gasteiger partial charge is 0.00388 e. The predicted molar refractivity (Wildman–Crippen MR) is 40.9 cm³/mol. The summed E-state index contributed by atoms with van der Waals surface area (Å²) in [5, 5.41) is 0. The normalized spacial score (nSPS) is 13.7. The number of nitrogens with two attached hydrogens (primary N) is 2. The van der Waals surface area contributed by atoms with E-state index in [0.29, 0.717) is 0 Å². The Labute approximate surface area is 57.6 Å². The van der Waals surface area contributed by atoms with Gasteiger partial charge in [-0.1, -0.05) is 13.3 Å². The minimum Gasteiger partial charge on any atom is -0.330 e. The van der Waals surface area contributed by atoms with Crippen molar-refractivity contribution in [3.05, 3.63) is 6.92 Å². The first-order valence-electron chi connectivity index (χ1n) is 3.56. The highest BCUT2D eigenvalue weighted by Crippen LogP contribution is 1.99. The Morgan fingerprint density at radius 1 is 1.33 bits per heavy atom. The third-order valence-electron chi connectivity index (χ3n) is 1.40. The first kappa shape index (κ1) is 8.92. The summed E-state index contributed by atoms with van der Waals surface area (Å²) in [4.78, 5) is 0. The van der Waals surface area contributed by atoms with Gasteiger partial charge in [-0.3, -0.25) is 0 Å². The molecular formula is C7H17N2. The Hall–Kier alpha value is -0.0800. The van der Waals surface area contributed by atoms with Crippen LogP contribution in [0.1, 0.15) is 25.7 Å². The third-order valence-corrected chi connectivity index (χ3v) is 1.40. The summed E-state index contributed by atoms with van der Waals surface area (Å²) in [6, 6.07) is 0.288. The van der Waals surface area contributed by atoms with Gasteiger partial charge in [0.25, 0.3) is 0 Å². The van der Waals surface area contributed by atoms with Gasteiger partial charge >= 0.3 is 0 Å². The Kier molecular flexibility index (Phi) is 5.99. The van der Waals surface area contributed by atoms with E-state index < -0.39 is 0 Å². The standard InChI is InChI=1S/C7H17N2/c1-2-7(9)5-3-4-6-8/h7H,1-6,8-9H2. The van der Waals surface area contributed by atoms with E-state index in [-0.39, 0.29) is 6.04 Å². The molecule has 4 N–H and O–H groups in total. The fraction of sp³-hybridized carbons (Fsp3) is 0.857. The van der Waals surface area contributed by atoms with Crippen LogP contribution in [0.3, 0.4) is 0 Å². The molecule has 0 aliphatic carbocycles. The molecule has 0 aliphatic heterocycles. The van der Waals surface area contributed by atoms with Crippen molar-refractivity contribution in [2.45, 2.75) is 31.7 Å². The molecule has 0 bridgehead atoms. The molecule has 0 rings (SSSR count). The van der Waals surface area contributed by atoms with Gasteiger partial charge in [0.15, 0.2) is 0 Å². The van der Waals surface area contributed by atoms with E-state index in [9.17, 15) is 0 Å². The molecule has 0 saturated heterocycles. The fourth-order valence-electron chi connectivity index (χ4n) is 0.695. The van der Waals surface area contributed by atoms with Gasteiger partial charge in [0.05, 0.1) is 0 Å². The topological polar surface area (TPSA) is 52.0 Å². The first-order chi connectivity index (χ1) is 4.31. The molecule has 0 spiro atoms. The first-order valence-corrected chi connectivity index (χ1v) is 3.56. The monoisotopic (exact) mass is 129 g/mol. The quantitative estimate of drug-likeness (QED) is 0.536. The van der Waals surface area contributed by atoms with Gasteiger partial charge in [0, 0.05) is 6.04 Å². The van der Waals surface area contributed by atoms with E-state index in [1.54, 1.807) is 0 Å². The lowest BCUT2D eigenvalue weighted by molar-refractivity contribution is 0.571. The zero-order chi connectivity index (χ0) is 7.11. The number of unbranched alkanes of at least 4 members (excludes halogenated alkanes) is 1. The molecule has 1 unspecified atom stereocenters. The van der Waals surface area contributed by atoms with Gasteiger partial charge in [0.1, 0.15) is 0 Å². The van der Waals surface area contributed by atoms with Crippen LogP contribution in [-0.4, -0.2) is 12.6 Å². The van der Waals surface area contributed by atoms with E-state index in [4.69, 9.17) is 11.5 Å². The molecule has 0 fully saturated rings. The van der Waals surface area contributed by atoms with Gasteiger partial charge in [0.2, 0.25) is 0 Å². The van der Waals surface area contributed by atoms with E-state index in [1.807, 2.05) is 0 Å². The van der Waals surface area contributed by atoms with Crippen molar-refractivity contribution < 1.29 is 0 Å². The summed E-state index contributed by atoms with van der Waals surface area (Å²) in [6.07, 6.45) is 4.14. The molecule has 1 atom stereocenters. The average Bonchev–Trinajstić information content (AvgIpc) is 1.89. The Balaban J connectivity index is 2.88. The molecule has 55 valence electrons. The van der Waals surface area contributed by atoms with E-state index in [0.717, 1.165) is 32.2 Å². The summed E-state index contributed by atoms with van der Waals surface area (Å²) >= 11 is 0. The summed E-state index contributed by atoms with van der Waals surface area (Å²) in [7, 11) is 0. The minimum absolute atomic E-state index is 0.288. The van der Waals surface area contributed by atoms with Gasteiger partial charge in [-0.05, 0) is 25.8 Å². The lowest BCUT2D eigenvalue weighted by atomic mass is 10.1. The molecule has 0 aromatic rings. The van der Waals surface area contributed by atoms with Crippen LogP contribution in [0.5, 0.6) is 0 Å².